The monoisotopic (exact) mass is 582 g/mol. The summed E-state index contributed by atoms with van der Waals surface area (Å²) in [5, 5.41) is 9.82. The zero-order valence-electron chi connectivity index (χ0n) is 25.2. The highest BCUT2D eigenvalue weighted by molar-refractivity contribution is 6.72. The summed E-state index contributed by atoms with van der Waals surface area (Å²) in [7, 11) is -1.86. The number of hydrogen-bond acceptors (Lipinski definition) is 5. The number of methoxy groups -OCH3 is 1. The lowest BCUT2D eigenvalue weighted by Gasteiger charge is -2.31. The van der Waals surface area contributed by atoms with Gasteiger partial charge in [0.1, 0.15) is 0 Å². The van der Waals surface area contributed by atoms with E-state index in [9.17, 15) is 14.7 Å². The molecule has 1 aromatic carbocycles. The highest BCUT2D eigenvalue weighted by atomic mass is 28.4. The van der Waals surface area contributed by atoms with E-state index in [-0.39, 0.29) is 30.2 Å². The molecule has 2 aliphatic rings. The van der Waals surface area contributed by atoms with Gasteiger partial charge in [-0.1, -0.05) is 30.2 Å². The second-order valence-electron chi connectivity index (χ2n) is 12.0. The van der Waals surface area contributed by atoms with Gasteiger partial charge >= 0.3 is 0 Å². The molecule has 1 aromatic heterocycles. The Labute approximate surface area is 243 Å². The van der Waals surface area contributed by atoms with Crippen molar-refractivity contribution in [3.05, 3.63) is 75.7 Å². The van der Waals surface area contributed by atoms with Gasteiger partial charge in [-0.3, -0.25) is 14.2 Å². The molecule has 0 bridgehead atoms. The van der Waals surface area contributed by atoms with Gasteiger partial charge in [-0.15, -0.1) is 0 Å². The van der Waals surface area contributed by atoms with Gasteiger partial charge in [-0.2, -0.15) is 0 Å². The Hall–Kier alpha value is -3.01. The van der Waals surface area contributed by atoms with Crippen LogP contribution in [0, 0.1) is 5.92 Å². The number of hydrogen-bond donors (Lipinski definition) is 1. The van der Waals surface area contributed by atoms with Gasteiger partial charge in [0.25, 0.3) is 11.5 Å². The Morgan fingerprint density at radius 3 is 2.56 bits per heavy atom. The molecule has 4 atom stereocenters. The predicted molar refractivity (Wildman–Crippen MR) is 163 cm³/mol. The maximum absolute atomic E-state index is 15.8. The van der Waals surface area contributed by atoms with Crippen molar-refractivity contribution in [3.8, 4) is 11.4 Å². The zero-order chi connectivity index (χ0) is 30.1. The summed E-state index contributed by atoms with van der Waals surface area (Å²) < 4.78 is 29.2. The fourth-order valence-electron chi connectivity index (χ4n) is 6.53. The van der Waals surface area contributed by atoms with Crippen molar-refractivity contribution in [1.29, 1.82) is 0 Å². The van der Waals surface area contributed by atoms with Gasteiger partial charge in [0, 0.05) is 42.1 Å². The van der Waals surface area contributed by atoms with E-state index in [0.717, 1.165) is 12.8 Å². The van der Waals surface area contributed by atoms with Crippen LogP contribution in [0.5, 0.6) is 5.75 Å². The first-order chi connectivity index (χ1) is 19.4. The number of carbonyl (C=O) groups excluding carboxylic acids is 1. The predicted octanol–water partition coefficient (Wildman–Crippen LogP) is 6.04. The molecule has 1 amide bonds. The van der Waals surface area contributed by atoms with Gasteiger partial charge in [0.2, 0.25) is 8.41 Å². The molecule has 2 aliphatic heterocycles. The highest BCUT2D eigenvalue weighted by Crippen LogP contribution is 2.60. The molecule has 0 saturated carbocycles. The first-order valence-corrected chi connectivity index (χ1v) is 17.3. The van der Waals surface area contributed by atoms with Crippen LogP contribution in [0.25, 0.3) is 5.69 Å². The van der Waals surface area contributed by atoms with Crippen LogP contribution in [0.2, 0.25) is 18.6 Å². The molecular formula is C32H43FN2O5Si. The van der Waals surface area contributed by atoms with Crippen LogP contribution in [-0.4, -0.2) is 50.4 Å². The molecule has 0 aliphatic carbocycles. The number of aliphatic hydroxyl groups excluding tert-OH is 1. The fourth-order valence-corrected chi connectivity index (χ4v) is 9.08. The highest BCUT2D eigenvalue weighted by Gasteiger charge is 2.66. The van der Waals surface area contributed by atoms with Crippen LogP contribution >= 0.6 is 0 Å². The van der Waals surface area contributed by atoms with E-state index in [4.69, 9.17) is 9.47 Å². The number of allylic oxidation sites excluding steroid dienone is 3. The summed E-state index contributed by atoms with van der Waals surface area (Å²) in [5.41, 5.74) is 2.09. The Morgan fingerprint density at radius 2 is 1.93 bits per heavy atom. The van der Waals surface area contributed by atoms with Crippen molar-refractivity contribution < 1.29 is 23.5 Å². The normalized spacial score (nSPS) is 24.2. The molecule has 1 N–H and O–H groups in total. The molecule has 1 saturated heterocycles. The quantitative estimate of drug-likeness (QED) is 0.210. The number of nitrogens with zero attached hydrogens (tertiary/aromatic N) is 2. The van der Waals surface area contributed by atoms with Crippen LogP contribution in [0.1, 0.15) is 52.5 Å². The Kier molecular flexibility index (Phi) is 9.11. The molecule has 0 unspecified atom stereocenters. The van der Waals surface area contributed by atoms with Crippen molar-refractivity contribution in [3.63, 3.8) is 0 Å². The van der Waals surface area contributed by atoms with Gasteiger partial charge in [0.05, 0.1) is 18.9 Å². The fraction of sp³-hybridized carbons (Fsp3) is 0.500. The lowest BCUT2D eigenvalue weighted by molar-refractivity contribution is -0.146. The van der Waals surface area contributed by atoms with Gasteiger partial charge < -0.3 is 23.6 Å². The van der Waals surface area contributed by atoms with Crippen LogP contribution in [-0.2, 0) is 15.1 Å². The first kappa shape index (κ1) is 30.9. The number of ether oxygens (including phenoxy) is 2. The third kappa shape index (κ3) is 5.72. The van der Waals surface area contributed by atoms with Crippen molar-refractivity contribution in [2.24, 2.45) is 5.92 Å². The van der Waals surface area contributed by atoms with Crippen molar-refractivity contribution >= 4 is 20.0 Å². The van der Waals surface area contributed by atoms with Crippen LogP contribution in [0.3, 0.4) is 0 Å². The van der Waals surface area contributed by atoms with E-state index >= 15 is 4.11 Å². The Balaban J connectivity index is 1.84. The smallest absolute Gasteiger partial charge is 0.297 e. The summed E-state index contributed by atoms with van der Waals surface area (Å²) in [6, 6.07) is 8.80. The van der Waals surface area contributed by atoms with Gasteiger partial charge in [-0.25, -0.2) is 0 Å². The summed E-state index contributed by atoms with van der Waals surface area (Å²) >= 11 is 0. The number of rotatable bonds is 10. The van der Waals surface area contributed by atoms with E-state index in [1.807, 2.05) is 19.1 Å². The number of fused-ring (bicyclic) bond motifs is 2. The van der Waals surface area contributed by atoms with Gasteiger partial charge in [-0.05, 0) is 83.5 Å². The third-order valence-electron chi connectivity index (χ3n) is 8.48. The standard InChI is InChI=1S/C32H43FN2O5Si/c1-21(2)10-8-11-22(3)15-18-35-26-14-13-24(34-17-9-12-28(39-5)30(34)37)20-25(26)32(31(35)38)23(4)29(41(6,7)33)27(40-32)16-19-36/h9-10,12-15,17,20,23,27,29,36H,8,11,16,18-19H2,1-7H3/b22-15+/t23-,27+,29-,32+/m0/s1. The Bertz CT molecular complexity index is 1410. The second kappa shape index (κ2) is 12.1. The van der Waals surface area contributed by atoms with E-state index in [0.29, 0.717) is 23.5 Å². The van der Waals surface area contributed by atoms with Crippen molar-refractivity contribution in [1.82, 2.24) is 4.57 Å². The maximum Gasteiger partial charge on any atom is 0.297 e. The SMILES string of the molecule is COc1cccn(-c2ccc3c(c2)[C@@]2(O[C@H](CCO)[C@@H]([Si](C)(C)F)[C@@H]2C)C(=O)N3C/C=C(\C)CCC=C(C)C)c1=O. The molecule has 9 heteroatoms. The summed E-state index contributed by atoms with van der Waals surface area (Å²) in [6.45, 7) is 11.6. The number of pyridine rings is 1. The summed E-state index contributed by atoms with van der Waals surface area (Å²) in [4.78, 5) is 29.3. The minimum Gasteiger partial charge on any atom is -0.491 e. The molecule has 7 nitrogen and oxygen atoms in total. The molecule has 0 radical (unpaired) electrons. The minimum absolute atomic E-state index is 0.161. The number of aliphatic hydroxyl groups is 1. The third-order valence-corrected chi connectivity index (χ3v) is 10.9. The number of carbonyl (C=O) groups is 1. The second-order valence-corrected chi connectivity index (χ2v) is 15.8. The average molecular weight is 583 g/mol. The number of anilines is 1. The minimum atomic E-state index is -3.31. The number of benzene rings is 1. The van der Waals surface area contributed by atoms with E-state index in [2.05, 4.69) is 32.9 Å². The van der Waals surface area contributed by atoms with E-state index in [1.54, 1.807) is 42.4 Å². The topological polar surface area (TPSA) is 81.0 Å². The van der Waals surface area contributed by atoms with E-state index < -0.39 is 31.6 Å². The molecule has 3 heterocycles. The first-order valence-electron chi connectivity index (χ1n) is 14.4. The summed E-state index contributed by atoms with van der Waals surface area (Å²) in [5.74, 6) is -0.498. The lowest BCUT2D eigenvalue weighted by Crippen LogP contribution is -2.45. The molecule has 1 fully saturated rings. The number of amides is 1. The molecular weight excluding hydrogens is 539 g/mol. The summed E-state index contributed by atoms with van der Waals surface area (Å²) in [6.07, 6.45) is 7.39. The van der Waals surface area contributed by atoms with Crippen molar-refractivity contribution in [2.45, 2.75) is 77.3 Å². The average Bonchev–Trinajstić information content (AvgIpc) is 3.33. The Morgan fingerprint density at radius 1 is 1.20 bits per heavy atom. The van der Waals surface area contributed by atoms with Crippen molar-refractivity contribution in [2.75, 3.05) is 25.2 Å². The van der Waals surface area contributed by atoms with Gasteiger partial charge in [0.15, 0.2) is 11.4 Å². The number of aromatic nitrogens is 1. The molecule has 41 heavy (non-hydrogen) atoms. The zero-order valence-corrected chi connectivity index (χ0v) is 26.2. The van der Waals surface area contributed by atoms with Crippen LogP contribution < -0.4 is 15.2 Å². The molecule has 2 aromatic rings. The largest absolute Gasteiger partial charge is 0.491 e. The van der Waals surface area contributed by atoms with E-state index in [1.165, 1.54) is 22.8 Å². The lowest BCUT2D eigenvalue weighted by atomic mass is 9.82. The van der Waals surface area contributed by atoms with Crippen LogP contribution in [0.15, 0.2) is 64.6 Å². The number of halogens is 1. The molecule has 1 spiro atoms. The molecule has 222 valence electrons. The maximum atomic E-state index is 15.8. The molecule has 4 rings (SSSR count). The van der Waals surface area contributed by atoms with Crippen LogP contribution in [0.4, 0.5) is 9.80 Å².